The van der Waals surface area contributed by atoms with Crippen LogP contribution in [0.3, 0.4) is 0 Å². The number of rotatable bonds is 10. The minimum atomic E-state index is -0.427. The Balaban J connectivity index is 2.50. The van der Waals surface area contributed by atoms with Crippen molar-refractivity contribution in [1.29, 1.82) is 0 Å². The lowest BCUT2D eigenvalue weighted by molar-refractivity contribution is -0.134. The summed E-state index contributed by atoms with van der Waals surface area (Å²) in [7, 11) is 0. The van der Waals surface area contributed by atoms with Gasteiger partial charge in [-0.2, -0.15) is 0 Å². The summed E-state index contributed by atoms with van der Waals surface area (Å²) in [5.74, 6) is 1.04. The van der Waals surface area contributed by atoms with Crippen molar-refractivity contribution >= 4 is 17.1 Å². The molecule has 168 valence electrons. The van der Waals surface area contributed by atoms with Gasteiger partial charge in [-0.05, 0) is 40.0 Å². The molecule has 0 aromatic carbocycles. The fraction of sp³-hybridized carbons (Fsp3) is 0.727. The van der Waals surface area contributed by atoms with E-state index in [1.165, 1.54) is 0 Å². The molecule has 8 heteroatoms. The standard InChI is InChI=1S/C22H37N5O3/c1-8-9-12-25-20-19(21(29)24-22(25)30)26(13-14(2)3)17(23-20)10-11-18(28)27(15(4)5)16(6)7/h14-16H,8-13H2,1-7H3,(H,24,29,30). The van der Waals surface area contributed by atoms with Gasteiger partial charge in [0, 0.05) is 38.0 Å². The Morgan fingerprint density at radius 3 is 2.23 bits per heavy atom. The minimum absolute atomic E-state index is 0.0698. The SMILES string of the molecule is CCCCn1c(=O)[nH]c(=O)c2c1nc(CCC(=O)N(C(C)C)C(C)C)n2CC(C)C. The molecular formula is C22H37N5O3. The van der Waals surface area contributed by atoms with Gasteiger partial charge in [-0.15, -0.1) is 0 Å². The Kier molecular flexibility index (Phi) is 8.03. The molecule has 2 heterocycles. The van der Waals surface area contributed by atoms with E-state index in [1.807, 2.05) is 37.2 Å². The summed E-state index contributed by atoms with van der Waals surface area (Å²) in [6.07, 6.45) is 2.50. The lowest BCUT2D eigenvalue weighted by Gasteiger charge is -2.30. The van der Waals surface area contributed by atoms with Gasteiger partial charge in [0.15, 0.2) is 11.2 Å². The van der Waals surface area contributed by atoms with Gasteiger partial charge in [0.05, 0.1) is 0 Å². The third-order valence-corrected chi connectivity index (χ3v) is 5.21. The summed E-state index contributed by atoms with van der Waals surface area (Å²) in [6.45, 7) is 15.4. The zero-order chi connectivity index (χ0) is 22.6. The number of nitrogens with one attached hydrogen (secondary N) is 1. The number of unbranched alkanes of at least 4 members (excludes halogenated alkanes) is 1. The Morgan fingerprint density at radius 1 is 1.07 bits per heavy atom. The highest BCUT2D eigenvalue weighted by molar-refractivity contribution is 5.77. The van der Waals surface area contributed by atoms with Crippen molar-refractivity contribution in [2.45, 2.75) is 99.3 Å². The molecule has 0 saturated heterocycles. The van der Waals surface area contributed by atoms with Gasteiger partial charge in [0.25, 0.3) is 5.56 Å². The van der Waals surface area contributed by atoms with Gasteiger partial charge >= 0.3 is 5.69 Å². The van der Waals surface area contributed by atoms with Crippen molar-refractivity contribution in [2.75, 3.05) is 0 Å². The van der Waals surface area contributed by atoms with Crippen molar-refractivity contribution in [2.24, 2.45) is 5.92 Å². The summed E-state index contributed by atoms with van der Waals surface area (Å²) in [4.78, 5) is 46.9. The smallest absolute Gasteiger partial charge is 0.330 e. The molecule has 0 fully saturated rings. The fourth-order valence-corrected chi connectivity index (χ4v) is 4.01. The second-order valence-corrected chi connectivity index (χ2v) is 8.96. The van der Waals surface area contributed by atoms with E-state index in [0.717, 1.165) is 12.8 Å². The van der Waals surface area contributed by atoms with E-state index < -0.39 is 11.2 Å². The van der Waals surface area contributed by atoms with Crippen LogP contribution in [0.25, 0.3) is 11.2 Å². The van der Waals surface area contributed by atoms with Crippen molar-refractivity contribution < 1.29 is 4.79 Å². The summed E-state index contributed by atoms with van der Waals surface area (Å²) >= 11 is 0. The van der Waals surface area contributed by atoms with Gasteiger partial charge in [0.1, 0.15) is 5.82 Å². The number of amides is 1. The predicted molar refractivity (Wildman–Crippen MR) is 120 cm³/mol. The molecule has 0 bridgehead atoms. The number of fused-ring (bicyclic) bond motifs is 1. The van der Waals surface area contributed by atoms with E-state index in [2.05, 4.69) is 25.8 Å². The van der Waals surface area contributed by atoms with Crippen LogP contribution in [0.4, 0.5) is 0 Å². The largest absolute Gasteiger partial charge is 0.338 e. The molecule has 1 N–H and O–H groups in total. The summed E-state index contributed by atoms with van der Waals surface area (Å²) in [6, 6.07) is 0.239. The average Bonchev–Trinajstić information content (AvgIpc) is 2.97. The van der Waals surface area contributed by atoms with E-state index in [1.54, 1.807) is 4.57 Å². The van der Waals surface area contributed by atoms with Crippen LogP contribution in [0.1, 0.15) is 73.6 Å². The molecule has 0 aliphatic rings. The number of imidazole rings is 1. The number of nitrogens with zero attached hydrogens (tertiary/aromatic N) is 4. The zero-order valence-electron chi connectivity index (χ0n) is 19.5. The Labute approximate surface area is 178 Å². The number of carbonyl (C=O) groups is 1. The normalized spacial score (nSPS) is 11.9. The van der Waals surface area contributed by atoms with Crippen LogP contribution in [-0.4, -0.2) is 42.0 Å². The van der Waals surface area contributed by atoms with E-state index in [0.29, 0.717) is 42.9 Å². The molecule has 1 amide bonds. The monoisotopic (exact) mass is 419 g/mol. The highest BCUT2D eigenvalue weighted by Crippen LogP contribution is 2.17. The number of carbonyl (C=O) groups excluding carboxylic acids is 1. The van der Waals surface area contributed by atoms with E-state index in [-0.39, 0.29) is 23.9 Å². The van der Waals surface area contributed by atoms with Crippen LogP contribution < -0.4 is 11.2 Å². The first kappa shape index (κ1) is 23.9. The number of aromatic amines is 1. The lowest BCUT2D eigenvalue weighted by atomic mass is 10.1. The number of hydrogen-bond acceptors (Lipinski definition) is 4. The quantitative estimate of drug-likeness (QED) is 0.641. The molecule has 0 aliphatic heterocycles. The van der Waals surface area contributed by atoms with E-state index >= 15 is 0 Å². The third-order valence-electron chi connectivity index (χ3n) is 5.21. The Hall–Kier alpha value is -2.38. The van der Waals surface area contributed by atoms with Gasteiger partial charge in [-0.1, -0.05) is 27.2 Å². The number of hydrogen-bond donors (Lipinski definition) is 1. The molecule has 2 aromatic rings. The molecule has 0 saturated carbocycles. The van der Waals surface area contributed by atoms with Gasteiger partial charge in [0.2, 0.25) is 5.91 Å². The molecular weight excluding hydrogens is 382 g/mol. The van der Waals surface area contributed by atoms with Crippen LogP contribution in [0.15, 0.2) is 9.59 Å². The lowest BCUT2D eigenvalue weighted by Crippen LogP contribution is -2.42. The second kappa shape index (κ2) is 10.1. The molecule has 2 aromatic heterocycles. The first-order valence-electron chi connectivity index (χ1n) is 11.1. The molecule has 2 rings (SSSR count). The Bertz CT molecular complexity index is 973. The predicted octanol–water partition coefficient (Wildman–Crippen LogP) is 2.92. The zero-order valence-corrected chi connectivity index (χ0v) is 19.5. The van der Waals surface area contributed by atoms with Gasteiger partial charge in [-0.3, -0.25) is 19.1 Å². The summed E-state index contributed by atoms with van der Waals surface area (Å²) in [5, 5.41) is 0. The van der Waals surface area contributed by atoms with Gasteiger partial charge < -0.3 is 9.47 Å². The van der Waals surface area contributed by atoms with Gasteiger partial charge in [-0.25, -0.2) is 9.78 Å². The molecule has 30 heavy (non-hydrogen) atoms. The van der Waals surface area contributed by atoms with Crippen molar-refractivity contribution in [3.8, 4) is 0 Å². The molecule has 8 nitrogen and oxygen atoms in total. The maximum Gasteiger partial charge on any atom is 0.330 e. The minimum Gasteiger partial charge on any atom is -0.338 e. The van der Waals surface area contributed by atoms with E-state index in [9.17, 15) is 14.4 Å². The van der Waals surface area contributed by atoms with Crippen LogP contribution >= 0.6 is 0 Å². The molecule has 0 aliphatic carbocycles. The topological polar surface area (TPSA) is 93.0 Å². The third kappa shape index (κ3) is 5.21. The van der Waals surface area contributed by atoms with Crippen molar-refractivity contribution in [1.82, 2.24) is 24.0 Å². The maximum absolute atomic E-state index is 12.8. The first-order chi connectivity index (χ1) is 14.1. The molecule has 0 unspecified atom stereocenters. The second-order valence-electron chi connectivity index (χ2n) is 8.96. The number of H-pyrrole nitrogens is 1. The summed E-state index contributed by atoms with van der Waals surface area (Å²) < 4.78 is 3.44. The molecule has 0 spiro atoms. The average molecular weight is 420 g/mol. The van der Waals surface area contributed by atoms with Crippen LogP contribution in [0.2, 0.25) is 0 Å². The summed E-state index contributed by atoms with van der Waals surface area (Å²) in [5.41, 5.74) is -0.000622. The fourth-order valence-electron chi connectivity index (χ4n) is 4.01. The maximum atomic E-state index is 12.8. The van der Waals surface area contributed by atoms with Crippen LogP contribution in [-0.2, 0) is 24.3 Å². The molecule has 0 atom stereocenters. The highest BCUT2D eigenvalue weighted by atomic mass is 16.2. The molecule has 0 radical (unpaired) electrons. The number of aryl methyl sites for hydroxylation is 2. The first-order valence-corrected chi connectivity index (χ1v) is 11.1. The van der Waals surface area contributed by atoms with Crippen molar-refractivity contribution in [3.05, 3.63) is 26.7 Å². The van der Waals surface area contributed by atoms with Crippen molar-refractivity contribution in [3.63, 3.8) is 0 Å². The Morgan fingerprint density at radius 2 is 1.70 bits per heavy atom. The van der Waals surface area contributed by atoms with Crippen LogP contribution in [0.5, 0.6) is 0 Å². The van der Waals surface area contributed by atoms with E-state index in [4.69, 9.17) is 4.98 Å². The number of aromatic nitrogens is 4. The van der Waals surface area contributed by atoms with Crippen LogP contribution in [0, 0.1) is 5.92 Å². The highest BCUT2D eigenvalue weighted by Gasteiger charge is 2.23.